The summed E-state index contributed by atoms with van der Waals surface area (Å²) in [7, 11) is 0. The zero-order valence-electron chi connectivity index (χ0n) is 7.30. The van der Waals surface area contributed by atoms with E-state index in [2.05, 4.69) is 13.0 Å². The minimum absolute atomic E-state index is 0.161. The molecule has 1 aliphatic carbocycles. The van der Waals surface area contributed by atoms with Crippen LogP contribution in [0.2, 0.25) is 0 Å². The first-order valence-corrected chi connectivity index (χ1v) is 4.23. The fraction of sp³-hybridized carbons (Fsp3) is 0.600. The molecule has 0 amide bonds. The molecule has 0 aromatic heterocycles. The van der Waals surface area contributed by atoms with E-state index in [9.17, 15) is 5.11 Å². The molecule has 1 nitrogen and oxygen atoms in total. The van der Waals surface area contributed by atoms with E-state index in [-0.39, 0.29) is 6.10 Å². The lowest BCUT2D eigenvalue weighted by Gasteiger charge is -2.05. The number of rotatable bonds is 2. The molecular weight excluding hydrogens is 136 g/mol. The van der Waals surface area contributed by atoms with Crippen molar-refractivity contribution in [1.82, 2.24) is 0 Å². The Balaban J connectivity index is 2.59. The topological polar surface area (TPSA) is 20.2 Å². The van der Waals surface area contributed by atoms with Gasteiger partial charge in [-0.15, -0.1) is 0 Å². The van der Waals surface area contributed by atoms with E-state index in [0.29, 0.717) is 0 Å². The van der Waals surface area contributed by atoms with Crippen LogP contribution in [-0.2, 0) is 0 Å². The predicted octanol–water partition coefficient (Wildman–Crippen LogP) is 2.42. The van der Waals surface area contributed by atoms with Gasteiger partial charge in [0.2, 0.25) is 0 Å². The number of aliphatic hydroxyl groups excluding tert-OH is 1. The molecular formula is C10H16O. The molecule has 0 aromatic rings. The Morgan fingerprint density at radius 3 is 2.82 bits per heavy atom. The van der Waals surface area contributed by atoms with Gasteiger partial charge >= 0.3 is 0 Å². The Labute approximate surface area is 68.4 Å². The van der Waals surface area contributed by atoms with Crippen LogP contribution in [0.4, 0.5) is 0 Å². The lowest BCUT2D eigenvalue weighted by molar-refractivity contribution is 0.210. The minimum atomic E-state index is -0.161. The van der Waals surface area contributed by atoms with Crippen LogP contribution in [0.5, 0.6) is 0 Å². The largest absolute Gasteiger partial charge is 0.389 e. The Bertz CT molecular complexity index is 189. The van der Waals surface area contributed by atoms with Crippen molar-refractivity contribution in [3.63, 3.8) is 0 Å². The molecule has 0 spiro atoms. The molecule has 1 heteroatoms. The molecule has 1 aliphatic rings. The van der Waals surface area contributed by atoms with Crippen molar-refractivity contribution in [2.75, 3.05) is 0 Å². The van der Waals surface area contributed by atoms with Gasteiger partial charge in [-0.3, -0.25) is 0 Å². The highest BCUT2D eigenvalue weighted by molar-refractivity contribution is 5.24. The summed E-state index contributed by atoms with van der Waals surface area (Å²) in [5.74, 6) is 0. The summed E-state index contributed by atoms with van der Waals surface area (Å²) >= 11 is 0. The van der Waals surface area contributed by atoms with Gasteiger partial charge in [-0.2, -0.15) is 0 Å². The molecule has 0 aliphatic heterocycles. The van der Waals surface area contributed by atoms with E-state index in [4.69, 9.17) is 0 Å². The van der Waals surface area contributed by atoms with E-state index in [1.807, 2.05) is 13.0 Å². The third-order valence-electron chi connectivity index (χ3n) is 2.32. The van der Waals surface area contributed by atoms with Gasteiger partial charge < -0.3 is 5.11 Å². The molecule has 1 unspecified atom stereocenters. The maximum Gasteiger partial charge on any atom is 0.0758 e. The predicted molar refractivity (Wildman–Crippen MR) is 47.4 cm³/mol. The maximum absolute atomic E-state index is 9.49. The summed E-state index contributed by atoms with van der Waals surface area (Å²) in [6.45, 7) is 4.13. The molecule has 1 atom stereocenters. The highest BCUT2D eigenvalue weighted by atomic mass is 16.3. The van der Waals surface area contributed by atoms with E-state index in [1.165, 1.54) is 11.1 Å². The zero-order chi connectivity index (χ0) is 8.27. The molecule has 62 valence electrons. The monoisotopic (exact) mass is 152 g/mol. The quantitative estimate of drug-likeness (QED) is 0.602. The van der Waals surface area contributed by atoms with Crippen LogP contribution in [-0.4, -0.2) is 11.2 Å². The third-order valence-corrected chi connectivity index (χ3v) is 2.32. The highest BCUT2D eigenvalue weighted by Crippen LogP contribution is 2.28. The number of aliphatic hydroxyl groups is 1. The summed E-state index contributed by atoms with van der Waals surface area (Å²) in [6.07, 6.45) is 6.92. The summed E-state index contributed by atoms with van der Waals surface area (Å²) in [6, 6.07) is 0. The van der Waals surface area contributed by atoms with E-state index < -0.39 is 0 Å². The van der Waals surface area contributed by atoms with Gasteiger partial charge in [-0.25, -0.2) is 0 Å². The normalized spacial score (nSPS) is 25.5. The summed E-state index contributed by atoms with van der Waals surface area (Å²) in [5.41, 5.74) is 2.62. The van der Waals surface area contributed by atoms with Crippen LogP contribution in [0.3, 0.4) is 0 Å². The lowest BCUT2D eigenvalue weighted by Crippen LogP contribution is -2.03. The first-order chi connectivity index (χ1) is 5.25. The van der Waals surface area contributed by atoms with Gasteiger partial charge in [0.05, 0.1) is 6.10 Å². The molecule has 1 N–H and O–H groups in total. The van der Waals surface area contributed by atoms with Crippen molar-refractivity contribution in [3.8, 4) is 0 Å². The Hall–Kier alpha value is -0.560. The molecule has 0 aromatic carbocycles. The SMILES string of the molecule is C/C=C\CC1=C(C)CCC1O. The second kappa shape index (κ2) is 3.72. The molecule has 0 heterocycles. The molecule has 0 fully saturated rings. The Kier molecular flexibility index (Phi) is 2.89. The van der Waals surface area contributed by atoms with Gasteiger partial charge in [0.1, 0.15) is 0 Å². The van der Waals surface area contributed by atoms with Crippen LogP contribution in [0.1, 0.15) is 33.1 Å². The average molecular weight is 152 g/mol. The molecule has 0 radical (unpaired) electrons. The lowest BCUT2D eigenvalue weighted by atomic mass is 10.1. The minimum Gasteiger partial charge on any atom is -0.389 e. The maximum atomic E-state index is 9.49. The van der Waals surface area contributed by atoms with E-state index in [1.54, 1.807) is 0 Å². The third kappa shape index (κ3) is 1.93. The fourth-order valence-corrected chi connectivity index (χ4v) is 1.53. The van der Waals surface area contributed by atoms with Crippen LogP contribution in [0.25, 0.3) is 0 Å². The van der Waals surface area contributed by atoms with Crippen molar-refractivity contribution in [2.45, 2.75) is 39.2 Å². The molecule has 0 bridgehead atoms. The van der Waals surface area contributed by atoms with Crippen molar-refractivity contribution in [1.29, 1.82) is 0 Å². The van der Waals surface area contributed by atoms with Crippen molar-refractivity contribution < 1.29 is 5.11 Å². The molecule has 1 rings (SSSR count). The van der Waals surface area contributed by atoms with Gasteiger partial charge in [0.25, 0.3) is 0 Å². The molecule has 0 saturated carbocycles. The van der Waals surface area contributed by atoms with Crippen molar-refractivity contribution in [2.24, 2.45) is 0 Å². The smallest absolute Gasteiger partial charge is 0.0758 e. The van der Waals surface area contributed by atoms with Gasteiger partial charge in [-0.1, -0.05) is 17.7 Å². The molecule has 11 heavy (non-hydrogen) atoms. The zero-order valence-corrected chi connectivity index (χ0v) is 7.30. The summed E-state index contributed by atoms with van der Waals surface area (Å²) in [5, 5.41) is 9.49. The Morgan fingerprint density at radius 1 is 1.64 bits per heavy atom. The second-order valence-electron chi connectivity index (χ2n) is 3.13. The standard InChI is InChI=1S/C10H16O/c1-3-4-5-9-8(2)6-7-10(9)11/h3-4,10-11H,5-7H2,1-2H3/b4-3-. The first kappa shape index (κ1) is 8.54. The highest BCUT2D eigenvalue weighted by Gasteiger charge is 2.18. The molecule has 0 saturated heterocycles. The Morgan fingerprint density at radius 2 is 2.36 bits per heavy atom. The van der Waals surface area contributed by atoms with Gasteiger partial charge in [-0.05, 0) is 38.7 Å². The van der Waals surface area contributed by atoms with E-state index >= 15 is 0 Å². The van der Waals surface area contributed by atoms with Crippen LogP contribution < -0.4 is 0 Å². The van der Waals surface area contributed by atoms with Crippen molar-refractivity contribution in [3.05, 3.63) is 23.3 Å². The number of hydrogen-bond acceptors (Lipinski definition) is 1. The number of allylic oxidation sites excluding steroid dienone is 3. The fourth-order valence-electron chi connectivity index (χ4n) is 1.53. The van der Waals surface area contributed by atoms with Crippen LogP contribution in [0, 0.1) is 0 Å². The number of hydrogen-bond donors (Lipinski definition) is 1. The average Bonchev–Trinajstić information content (AvgIpc) is 2.29. The van der Waals surface area contributed by atoms with Crippen molar-refractivity contribution >= 4 is 0 Å². The second-order valence-corrected chi connectivity index (χ2v) is 3.13. The van der Waals surface area contributed by atoms with Gasteiger partial charge in [0, 0.05) is 0 Å². The van der Waals surface area contributed by atoms with Crippen LogP contribution in [0.15, 0.2) is 23.3 Å². The summed E-state index contributed by atoms with van der Waals surface area (Å²) in [4.78, 5) is 0. The van der Waals surface area contributed by atoms with Gasteiger partial charge in [0.15, 0.2) is 0 Å². The first-order valence-electron chi connectivity index (χ1n) is 4.23. The van der Waals surface area contributed by atoms with Crippen LogP contribution >= 0.6 is 0 Å². The summed E-state index contributed by atoms with van der Waals surface area (Å²) < 4.78 is 0. The van der Waals surface area contributed by atoms with E-state index in [0.717, 1.165) is 19.3 Å².